The molecule has 0 bridgehead atoms. The van der Waals surface area contributed by atoms with Gasteiger partial charge in [0.15, 0.2) is 0 Å². The molecule has 21 heavy (non-hydrogen) atoms. The van der Waals surface area contributed by atoms with Crippen LogP contribution in [0.1, 0.15) is 5.56 Å². The normalized spacial score (nSPS) is 10.8. The molecule has 3 nitrogen and oxygen atoms in total. The molecule has 3 aromatic rings. The van der Waals surface area contributed by atoms with Gasteiger partial charge in [0.2, 0.25) is 5.88 Å². The monoisotopic (exact) mass is 318 g/mol. The van der Waals surface area contributed by atoms with Crippen molar-refractivity contribution in [1.29, 1.82) is 0 Å². The molecular formula is C16H12Cl2N2O. The molecular weight excluding hydrogens is 307 g/mol. The summed E-state index contributed by atoms with van der Waals surface area (Å²) >= 11 is 12.4. The van der Waals surface area contributed by atoms with Crippen molar-refractivity contribution in [2.24, 2.45) is 0 Å². The minimum atomic E-state index is 0.241. The van der Waals surface area contributed by atoms with Gasteiger partial charge in [-0.25, -0.2) is 0 Å². The summed E-state index contributed by atoms with van der Waals surface area (Å²) in [6.07, 6.45) is 0. The standard InChI is InChI=1S/C16H12Cl2N2O/c1-9-4-2-7-12(14(9)18)15-13(16(19)21-20-15)10-5-3-6-11(17)8-10/h2-8H,19H2,1H3. The quantitative estimate of drug-likeness (QED) is 0.706. The first-order chi connectivity index (χ1) is 10.1. The summed E-state index contributed by atoms with van der Waals surface area (Å²) in [4.78, 5) is 0. The molecule has 0 aliphatic rings. The third-order valence-corrected chi connectivity index (χ3v) is 4.02. The number of nitrogen functional groups attached to an aromatic ring is 1. The number of halogens is 2. The fourth-order valence-electron chi connectivity index (χ4n) is 2.24. The first-order valence-electron chi connectivity index (χ1n) is 6.34. The largest absolute Gasteiger partial charge is 0.367 e. The summed E-state index contributed by atoms with van der Waals surface area (Å²) in [5.41, 5.74) is 9.84. The lowest BCUT2D eigenvalue weighted by atomic mass is 10.00. The Bertz CT molecular complexity index is 812. The third-order valence-electron chi connectivity index (χ3n) is 3.28. The van der Waals surface area contributed by atoms with E-state index < -0.39 is 0 Å². The molecule has 0 amide bonds. The van der Waals surface area contributed by atoms with E-state index in [9.17, 15) is 0 Å². The molecule has 0 saturated heterocycles. The number of hydrogen-bond acceptors (Lipinski definition) is 3. The van der Waals surface area contributed by atoms with Crippen LogP contribution >= 0.6 is 23.2 Å². The van der Waals surface area contributed by atoms with E-state index in [-0.39, 0.29) is 5.88 Å². The first-order valence-corrected chi connectivity index (χ1v) is 7.10. The van der Waals surface area contributed by atoms with Crippen LogP contribution in [0.5, 0.6) is 0 Å². The van der Waals surface area contributed by atoms with Crippen molar-refractivity contribution >= 4 is 29.1 Å². The summed E-state index contributed by atoms with van der Waals surface area (Å²) in [7, 11) is 0. The topological polar surface area (TPSA) is 52.0 Å². The van der Waals surface area contributed by atoms with Gasteiger partial charge < -0.3 is 10.3 Å². The van der Waals surface area contributed by atoms with Crippen molar-refractivity contribution in [3.63, 3.8) is 0 Å². The highest BCUT2D eigenvalue weighted by Crippen LogP contribution is 2.40. The molecule has 0 saturated carbocycles. The van der Waals surface area contributed by atoms with Crippen LogP contribution in [0.25, 0.3) is 22.4 Å². The predicted octanol–water partition coefficient (Wildman–Crippen LogP) is 5.21. The van der Waals surface area contributed by atoms with Crippen molar-refractivity contribution in [1.82, 2.24) is 5.16 Å². The van der Waals surface area contributed by atoms with Crippen molar-refractivity contribution in [2.75, 3.05) is 5.73 Å². The number of anilines is 1. The molecule has 0 spiro atoms. The molecule has 0 unspecified atom stereocenters. The molecule has 1 heterocycles. The van der Waals surface area contributed by atoms with Gasteiger partial charge in [0, 0.05) is 10.6 Å². The number of benzene rings is 2. The second-order valence-electron chi connectivity index (χ2n) is 4.72. The number of nitrogens with zero attached hydrogens (tertiary/aromatic N) is 1. The summed E-state index contributed by atoms with van der Waals surface area (Å²) in [5, 5.41) is 5.32. The van der Waals surface area contributed by atoms with Crippen LogP contribution < -0.4 is 5.73 Å². The molecule has 2 N–H and O–H groups in total. The maximum absolute atomic E-state index is 6.38. The van der Waals surface area contributed by atoms with E-state index in [0.29, 0.717) is 21.3 Å². The Morgan fingerprint density at radius 2 is 1.86 bits per heavy atom. The second-order valence-corrected chi connectivity index (χ2v) is 5.53. The average Bonchev–Trinajstić information content (AvgIpc) is 2.83. The fraction of sp³-hybridized carbons (Fsp3) is 0.0625. The number of nitrogens with two attached hydrogens (primary N) is 1. The number of hydrogen-bond donors (Lipinski definition) is 1. The highest BCUT2D eigenvalue weighted by molar-refractivity contribution is 6.34. The first kappa shape index (κ1) is 14.0. The van der Waals surface area contributed by atoms with Crippen LogP contribution in [0.4, 0.5) is 5.88 Å². The Hall–Kier alpha value is -1.97. The number of rotatable bonds is 2. The number of aryl methyl sites for hydroxylation is 1. The van der Waals surface area contributed by atoms with E-state index in [4.69, 9.17) is 33.5 Å². The SMILES string of the molecule is Cc1cccc(-c2noc(N)c2-c2cccc(Cl)c2)c1Cl. The predicted molar refractivity (Wildman–Crippen MR) is 86.5 cm³/mol. The Morgan fingerprint density at radius 3 is 2.62 bits per heavy atom. The van der Waals surface area contributed by atoms with Crippen molar-refractivity contribution in [2.45, 2.75) is 6.92 Å². The molecule has 3 rings (SSSR count). The van der Waals surface area contributed by atoms with E-state index >= 15 is 0 Å². The molecule has 0 aliphatic heterocycles. The maximum Gasteiger partial charge on any atom is 0.230 e. The smallest absolute Gasteiger partial charge is 0.230 e. The van der Waals surface area contributed by atoms with Gasteiger partial charge in [-0.3, -0.25) is 0 Å². The minimum Gasteiger partial charge on any atom is -0.367 e. The van der Waals surface area contributed by atoms with Crippen molar-refractivity contribution in [3.8, 4) is 22.4 Å². The molecule has 0 atom stereocenters. The Balaban J connectivity index is 2.24. The summed E-state index contributed by atoms with van der Waals surface area (Å²) in [6.45, 7) is 1.94. The van der Waals surface area contributed by atoms with E-state index in [2.05, 4.69) is 5.16 Å². The van der Waals surface area contributed by atoms with Crippen molar-refractivity contribution in [3.05, 3.63) is 58.1 Å². The molecule has 0 fully saturated rings. The van der Waals surface area contributed by atoms with E-state index in [1.54, 1.807) is 6.07 Å². The van der Waals surface area contributed by atoms with Gasteiger partial charge in [-0.2, -0.15) is 0 Å². The zero-order chi connectivity index (χ0) is 15.0. The van der Waals surface area contributed by atoms with Crippen LogP contribution in [0.15, 0.2) is 47.0 Å². The van der Waals surface area contributed by atoms with Gasteiger partial charge in [-0.15, -0.1) is 0 Å². The molecule has 2 aromatic carbocycles. The highest BCUT2D eigenvalue weighted by Gasteiger charge is 2.20. The van der Waals surface area contributed by atoms with Gasteiger partial charge in [0.1, 0.15) is 5.69 Å². The highest BCUT2D eigenvalue weighted by atomic mass is 35.5. The number of aromatic nitrogens is 1. The van der Waals surface area contributed by atoms with Crippen LogP contribution in [0.2, 0.25) is 10.0 Å². The summed E-state index contributed by atoms with van der Waals surface area (Å²) in [5.74, 6) is 0.241. The summed E-state index contributed by atoms with van der Waals surface area (Å²) < 4.78 is 5.17. The van der Waals surface area contributed by atoms with Crippen LogP contribution in [0.3, 0.4) is 0 Å². The molecule has 0 aliphatic carbocycles. The van der Waals surface area contributed by atoms with Crippen molar-refractivity contribution < 1.29 is 4.52 Å². The Morgan fingerprint density at radius 1 is 1.10 bits per heavy atom. The van der Waals surface area contributed by atoms with E-state index in [1.165, 1.54) is 0 Å². The molecule has 0 radical (unpaired) electrons. The Kier molecular flexibility index (Phi) is 3.62. The second kappa shape index (κ2) is 5.43. The van der Waals surface area contributed by atoms with Crippen LogP contribution in [-0.4, -0.2) is 5.16 Å². The van der Waals surface area contributed by atoms with Gasteiger partial charge in [-0.1, -0.05) is 58.7 Å². The lowest BCUT2D eigenvalue weighted by Gasteiger charge is -2.07. The zero-order valence-electron chi connectivity index (χ0n) is 11.2. The van der Waals surface area contributed by atoms with Gasteiger partial charge >= 0.3 is 0 Å². The molecule has 1 aromatic heterocycles. The zero-order valence-corrected chi connectivity index (χ0v) is 12.7. The maximum atomic E-state index is 6.38. The fourth-order valence-corrected chi connectivity index (χ4v) is 2.65. The van der Waals surface area contributed by atoms with Crippen LogP contribution in [0, 0.1) is 6.92 Å². The van der Waals surface area contributed by atoms with Gasteiger partial charge in [-0.05, 0) is 30.2 Å². The minimum absolute atomic E-state index is 0.241. The average molecular weight is 319 g/mol. The molecule has 5 heteroatoms. The van der Waals surface area contributed by atoms with Crippen LogP contribution in [-0.2, 0) is 0 Å². The van der Waals surface area contributed by atoms with Gasteiger partial charge in [0.05, 0.1) is 10.6 Å². The van der Waals surface area contributed by atoms with E-state index in [0.717, 1.165) is 16.7 Å². The van der Waals surface area contributed by atoms with Gasteiger partial charge in [0.25, 0.3) is 0 Å². The molecule has 106 valence electrons. The van der Waals surface area contributed by atoms with E-state index in [1.807, 2.05) is 43.3 Å². The lowest BCUT2D eigenvalue weighted by molar-refractivity contribution is 0.439. The lowest BCUT2D eigenvalue weighted by Crippen LogP contribution is -1.89. The Labute approximate surface area is 132 Å². The summed E-state index contributed by atoms with van der Waals surface area (Å²) in [6, 6.07) is 13.1. The third kappa shape index (κ3) is 2.50.